The summed E-state index contributed by atoms with van der Waals surface area (Å²) in [5.41, 5.74) is 6.70. The molecule has 0 aromatic heterocycles. The van der Waals surface area contributed by atoms with Crippen LogP contribution in [-0.4, -0.2) is 17.6 Å². The van der Waals surface area contributed by atoms with E-state index < -0.39 is 0 Å². The van der Waals surface area contributed by atoms with E-state index in [4.69, 9.17) is 5.73 Å². The molecule has 0 atom stereocenters. The van der Waals surface area contributed by atoms with Crippen LogP contribution in [0.5, 0.6) is 5.75 Å². The Balaban J connectivity index is 0.00000289. The molecular weight excluding hydrogens is 409 g/mol. The molecule has 4 nitrogen and oxygen atoms in total. The van der Waals surface area contributed by atoms with E-state index in [1.807, 2.05) is 12.1 Å². The van der Waals surface area contributed by atoms with Crippen molar-refractivity contribution in [2.75, 3.05) is 6.54 Å². The number of aliphatic imine (C=N–C) groups is 1. The predicted octanol–water partition coefficient (Wildman–Crippen LogP) is 2.98. The van der Waals surface area contributed by atoms with Crippen LogP contribution in [0.3, 0.4) is 0 Å². The molecule has 0 spiro atoms. The number of guanidine groups is 1. The molecule has 0 radical (unpaired) electrons. The second-order valence-corrected chi connectivity index (χ2v) is 4.62. The molecule has 1 rings (SSSR count). The SMILES string of the molecule is CCCCNC(N)=NCc1ccc(O)c(Br)c1.I. The maximum absolute atomic E-state index is 9.34. The maximum atomic E-state index is 9.34. The number of phenolic OH excluding ortho intramolecular Hbond substituents is 1. The van der Waals surface area contributed by atoms with Crippen molar-refractivity contribution in [1.29, 1.82) is 0 Å². The summed E-state index contributed by atoms with van der Waals surface area (Å²) in [4.78, 5) is 4.22. The summed E-state index contributed by atoms with van der Waals surface area (Å²) in [5, 5.41) is 12.4. The molecule has 0 saturated carbocycles. The third kappa shape index (κ3) is 6.44. The van der Waals surface area contributed by atoms with Gasteiger partial charge >= 0.3 is 0 Å². The number of nitrogens with zero attached hydrogens (tertiary/aromatic N) is 1. The molecule has 0 fully saturated rings. The third-order valence-corrected chi connectivity index (χ3v) is 2.92. The molecule has 102 valence electrons. The van der Waals surface area contributed by atoms with Crippen molar-refractivity contribution in [1.82, 2.24) is 5.32 Å². The van der Waals surface area contributed by atoms with Crippen LogP contribution >= 0.6 is 39.9 Å². The van der Waals surface area contributed by atoms with Crippen LogP contribution in [0.25, 0.3) is 0 Å². The van der Waals surface area contributed by atoms with E-state index in [1.54, 1.807) is 6.07 Å². The van der Waals surface area contributed by atoms with Gasteiger partial charge in [-0.1, -0.05) is 19.4 Å². The molecule has 0 unspecified atom stereocenters. The number of nitrogens with two attached hydrogens (primary N) is 1. The number of benzene rings is 1. The van der Waals surface area contributed by atoms with Gasteiger partial charge in [-0.3, -0.25) is 0 Å². The first kappa shape index (κ1) is 17.5. The fourth-order valence-electron chi connectivity index (χ4n) is 1.27. The van der Waals surface area contributed by atoms with Gasteiger partial charge < -0.3 is 16.2 Å². The smallest absolute Gasteiger partial charge is 0.188 e. The number of hydrogen-bond acceptors (Lipinski definition) is 2. The molecule has 0 saturated heterocycles. The summed E-state index contributed by atoms with van der Waals surface area (Å²) >= 11 is 3.26. The second-order valence-electron chi connectivity index (χ2n) is 3.77. The first-order valence-electron chi connectivity index (χ1n) is 5.64. The van der Waals surface area contributed by atoms with Crippen LogP contribution in [0.1, 0.15) is 25.3 Å². The van der Waals surface area contributed by atoms with Crippen molar-refractivity contribution in [3.05, 3.63) is 28.2 Å². The van der Waals surface area contributed by atoms with Gasteiger partial charge in [-0.25, -0.2) is 4.99 Å². The van der Waals surface area contributed by atoms with Crippen molar-refractivity contribution < 1.29 is 5.11 Å². The van der Waals surface area contributed by atoms with Gasteiger partial charge in [-0.05, 0) is 40.0 Å². The van der Waals surface area contributed by atoms with Crippen molar-refractivity contribution in [2.45, 2.75) is 26.3 Å². The van der Waals surface area contributed by atoms with Gasteiger partial charge in [0.05, 0.1) is 11.0 Å². The second kappa shape index (κ2) is 9.43. The molecule has 0 aliphatic rings. The zero-order chi connectivity index (χ0) is 12.7. The lowest BCUT2D eigenvalue weighted by atomic mass is 10.2. The molecule has 1 aromatic carbocycles. The minimum absolute atomic E-state index is 0. The van der Waals surface area contributed by atoms with E-state index in [-0.39, 0.29) is 29.7 Å². The molecule has 0 bridgehead atoms. The van der Waals surface area contributed by atoms with E-state index in [0.29, 0.717) is 17.0 Å². The van der Waals surface area contributed by atoms with Gasteiger partial charge in [0.2, 0.25) is 0 Å². The van der Waals surface area contributed by atoms with Crippen LogP contribution in [-0.2, 0) is 6.54 Å². The molecule has 0 heterocycles. The Morgan fingerprint density at radius 2 is 2.22 bits per heavy atom. The molecular formula is C12H19BrIN3O. The van der Waals surface area contributed by atoms with Crippen LogP contribution < -0.4 is 11.1 Å². The topological polar surface area (TPSA) is 70.6 Å². The van der Waals surface area contributed by atoms with Gasteiger partial charge in [-0.15, -0.1) is 24.0 Å². The highest BCUT2D eigenvalue weighted by atomic mass is 127. The van der Waals surface area contributed by atoms with Gasteiger partial charge in [0.1, 0.15) is 5.75 Å². The number of halogens is 2. The molecule has 0 aliphatic heterocycles. The minimum Gasteiger partial charge on any atom is -0.507 e. The Morgan fingerprint density at radius 1 is 1.50 bits per heavy atom. The summed E-state index contributed by atoms with van der Waals surface area (Å²) in [6.45, 7) is 3.48. The van der Waals surface area contributed by atoms with Crippen LogP contribution in [0.2, 0.25) is 0 Å². The van der Waals surface area contributed by atoms with Crippen LogP contribution in [0.4, 0.5) is 0 Å². The van der Waals surface area contributed by atoms with E-state index in [1.165, 1.54) is 0 Å². The van der Waals surface area contributed by atoms with Gasteiger partial charge in [0.25, 0.3) is 0 Å². The van der Waals surface area contributed by atoms with Crippen LogP contribution in [0.15, 0.2) is 27.7 Å². The highest BCUT2D eigenvalue weighted by molar-refractivity contribution is 14.0. The molecule has 18 heavy (non-hydrogen) atoms. The summed E-state index contributed by atoms with van der Waals surface area (Å²) < 4.78 is 0.669. The number of phenols is 1. The number of rotatable bonds is 5. The van der Waals surface area contributed by atoms with E-state index in [9.17, 15) is 5.11 Å². The fraction of sp³-hybridized carbons (Fsp3) is 0.417. The number of unbranched alkanes of at least 4 members (excludes halogenated alkanes) is 1. The molecule has 6 heteroatoms. The Hall–Kier alpha value is -0.500. The molecule has 0 amide bonds. The Morgan fingerprint density at radius 3 is 2.83 bits per heavy atom. The fourth-order valence-corrected chi connectivity index (χ4v) is 1.70. The van der Waals surface area contributed by atoms with Gasteiger partial charge in [0.15, 0.2) is 5.96 Å². The highest BCUT2D eigenvalue weighted by Gasteiger charge is 1.99. The number of aromatic hydroxyl groups is 1. The average molecular weight is 428 g/mol. The normalized spacial score (nSPS) is 10.9. The zero-order valence-corrected chi connectivity index (χ0v) is 14.2. The Bertz CT molecular complexity index is 399. The van der Waals surface area contributed by atoms with Crippen molar-refractivity contribution in [2.24, 2.45) is 10.7 Å². The summed E-state index contributed by atoms with van der Waals surface area (Å²) in [5.74, 6) is 0.689. The zero-order valence-electron chi connectivity index (χ0n) is 10.3. The lowest BCUT2D eigenvalue weighted by molar-refractivity contribution is 0.471. The first-order chi connectivity index (χ1) is 8.13. The lowest BCUT2D eigenvalue weighted by Gasteiger charge is -2.05. The van der Waals surface area contributed by atoms with Gasteiger partial charge in [0, 0.05) is 6.54 Å². The minimum atomic E-state index is 0. The van der Waals surface area contributed by atoms with E-state index in [0.717, 1.165) is 24.9 Å². The van der Waals surface area contributed by atoms with Gasteiger partial charge in [-0.2, -0.15) is 0 Å². The van der Waals surface area contributed by atoms with Crippen molar-refractivity contribution >= 4 is 45.9 Å². The van der Waals surface area contributed by atoms with Crippen molar-refractivity contribution in [3.63, 3.8) is 0 Å². The first-order valence-corrected chi connectivity index (χ1v) is 6.44. The lowest BCUT2D eigenvalue weighted by Crippen LogP contribution is -2.32. The highest BCUT2D eigenvalue weighted by Crippen LogP contribution is 2.24. The quantitative estimate of drug-likeness (QED) is 0.293. The number of hydrogen-bond donors (Lipinski definition) is 3. The largest absolute Gasteiger partial charge is 0.507 e. The van der Waals surface area contributed by atoms with Crippen LogP contribution in [0, 0.1) is 0 Å². The summed E-state index contributed by atoms with van der Waals surface area (Å²) in [7, 11) is 0. The summed E-state index contributed by atoms with van der Waals surface area (Å²) in [6.07, 6.45) is 2.21. The average Bonchev–Trinajstić information content (AvgIpc) is 2.31. The monoisotopic (exact) mass is 427 g/mol. The molecule has 4 N–H and O–H groups in total. The standard InChI is InChI=1S/C12H18BrN3O.HI/c1-2-3-6-15-12(14)16-8-9-4-5-11(17)10(13)7-9;/h4-5,7,17H,2-3,6,8H2,1H3,(H3,14,15,16);1H. The Labute approximate surface area is 133 Å². The third-order valence-electron chi connectivity index (χ3n) is 2.28. The number of nitrogens with one attached hydrogen (secondary N) is 1. The Kier molecular flexibility index (Phi) is 9.17. The predicted molar refractivity (Wildman–Crippen MR) is 89.5 cm³/mol. The molecule has 0 aliphatic carbocycles. The van der Waals surface area contributed by atoms with E-state index >= 15 is 0 Å². The van der Waals surface area contributed by atoms with Crippen molar-refractivity contribution in [3.8, 4) is 5.75 Å². The molecule has 1 aromatic rings. The maximum Gasteiger partial charge on any atom is 0.188 e. The van der Waals surface area contributed by atoms with E-state index in [2.05, 4.69) is 33.2 Å². The summed E-state index contributed by atoms with van der Waals surface area (Å²) in [6, 6.07) is 5.29.